The normalized spacial score (nSPS) is 16.6. The molecule has 2 N–H and O–H groups in total. The van der Waals surface area contributed by atoms with Crippen LogP contribution in [-0.2, 0) is 11.3 Å². The fourth-order valence-electron chi connectivity index (χ4n) is 2.61. The van der Waals surface area contributed by atoms with Gasteiger partial charge in [-0.05, 0) is 36.3 Å². The van der Waals surface area contributed by atoms with Crippen LogP contribution in [0.15, 0.2) is 24.3 Å². The Bertz CT molecular complexity index is 423. The monoisotopic (exact) mass is 275 g/mol. The van der Waals surface area contributed by atoms with E-state index < -0.39 is 12.0 Å². The molecule has 0 spiro atoms. The van der Waals surface area contributed by atoms with Gasteiger partial charge in [-0.3, -0.25) is 4.79 Å². The van der Waals surface area contributed by atoms with Crippen LogP contribution in [0.25, 0.3) is 0 Å². The minimum absolute atomic E-state index is 0.429. The summed E-state index contributed by atoms with van der Waals surface area (Å²) < 4.78 is 0. The van der Waals surface area contributed by atoms with Crippen LogP contribution >= 0.6 is 0 Å². The maximum absolute atomic E-state index is 11.2. The lowest BCUT2D eigenvalue weighted by atomic mass is 9.80. The quantitative estimate of drug-likeness (QED) is 0.760. The number of benzene rings is 1. The zero-order valence-electron chi connectivity index (χ0n) is 12.3. The number of rotatable bonds is 8. The van der Waals surface area contributed by atoms with Crippen molar-refractivity contribution in [3.8, 4) is 0 Å². The van der Waals surface area contributed by atoms with Crippen molar-refractivity contribution in [3.05, 3.63) is 35.4 Å². The summed E-state index contributed by atoms with van der Waals surface area (Å²) in [6.07, 6.45) is 6.66. The second kappa shape index (κ2) is 7.44. The highest BCUT2D eigenvalue weighted by molar-refractivity contribution is 5.73. The van der Waals surface area contributed by atoms with Crippen molar-refractivity contribution >= 4 is 5.97 Å². The first kappa shape index (κ1) is 15.0. The summed E-state index contributed by atoms with van der Waals surface area (Å²) in [7, 11) is 0. The molecule has 1 aliphatic carbocycles. The Labute approximate surface area is 121 Å². The van der Waals surface area contributed by atoms with Crippen LogP contribution in [0, 0.1) is 0 Å². The number of aliphatic carboxylic acids is 1. The molecule has 1 saturated carbocycles. The number of carboxylic acids is 1. The van der Waals surface area contributed by atoms with Gasteiger partial charge in [-0.15, -0.1) is 0 Å². The molecule has 2 rings (SSSR count). The van der Waals surface area contributed by atoms with Gasteiger partial charge in [0.15, 0.2) is 0 Å². The first-order valence-corrected chi connectivity index (χ1v) is 7.75. The Morgan fingerprint density at radius 3 is 2.55 bits per heavy atom. The van der Waals surface area contributed by atoms with Gasteiger partial charge in [0.2, 0.25) is 0 Å². The first-order valence-electron chi connectivity index (χ1n) is 7.75. The number of nitrogens with one attached hydrogen (secondary N) is 1. The van der Waals surface area contributed by atoms with Gasteiger partial charge in [0.1, 0.15) is 6.04 Å². The summed E-state index contributed by atoms with van der Waals surface area (Å²) in [6, 6.07) is 8.21. The molecule has 0 aromatic heterocycles. The molecule has 0 radical (unpaired) electrons. The lowest BCUT2D eigenvalue weighted by Gasteiger charge is -2.25. The largest absolute Gasteiger partial charge is 0.480 e. The summed E-state index contributed by atoms with van der Waals surface area (Å²) in [6.45, 7) is 2.71. The Hall–Kier alpha value is -1.35. The molecule has 3 nitrogen and oxygen atoms in total. The number of carbonyl (C=O) groups is 1. The van der Waals surface area contributed by atoms with Crippen LogP contribution in [0.4, 0.5) is 0 Å². The van der Waals surface area contributed by atoms with Crippen molar-refractivity contribution in [2.24, 2.45) is 0 Å². The van der Waals surface area contributed by atoms with E-state index in [1.54, 1.807) is 0 Å². The summed E-state index contributed by atoms with van der Waals surface area (Å²) in [5, 5.41) is 12.3. The Kier molecular flexibility index (Phi) is 5.60. The highest BCUT2D eigenvalue weighted by atomic mass is 16.4. The van der Waals surface area contributed by atoms with E-state index >= 15 is 0 Å². The van der Waals surface area contributed by atoms with Crippen LogP contribution in [-0.4, -0.2) is 17.1 Å². The summed E-state index contributed by atoms with van der Waals surface area (Å²) in [4.78, 5) is 11.2. The van der Waals surface area contributed by atoms with Gasteiger partial charge in [-0.1, -0.05) is 50.5 Å². The zero-order chi connectivity index (χ0) is 14.4. The molecule has 0 bridgehead atoms. The number of carboxylic acid groups (broad SMARTS) is 1. The van der Waals surface area contributed by atoms with Crippen molar-refractivity contribution in [1.29, 1.82) is 0 Å². The molecule has 0 aliphatic heterocycles. The van der Waals surface area contributed by atoms with Gasteiger partial charge in [0, 0.05) is 6.54 Å². The van der Waals surface area contributed by atoms with E-state index in [0.29, 0.717) is 13.0 Å². The maximum Gasteiger partial charge on any atom is 0.320 e. The molecule has 0 heterocycles. The van der Waals surface area contributed by atoms with Gasteiger partial charge in [-0.2, -0.15) is 0 Å². The molecule has 0 amide bonds. The number of unbranched alkanes of at least 4 members (excludes halogenated alkanes) is 1. The second-order valence-corrected chi connectivity index (χ2v) is 5.78. The van der Waals surface area contributed by atoms with E-state index in [4.69, 9.17) is 0 Å². The molecule has 1 atom stereocenters. The fourth-order valence-corrected chi connectivity index (χ4v) is 2.61. The van der Waals surface area contributed by atoms with Crippen molar-refractivity contribution in [3.63, 3.8) is 0 Å². The van der Waals surface area contributed by atoms with E-state index in [0.717, 1.165) is 24.3 Å². The van der Waals surface area contributed by atoms with Crippen LogP contribution in [0.1, 0.15) is 62.5 Å². The molecular formula is C17H25NO2. The van der Waals surface area contributed by atoms with Crippen molar-refractivity contribution in [2.75, 3.05) is 0 Å². The predicted molar refractivity (Wildman–Crippen MR) is 80.8 cm³/mol. The van der Waals surface area contributed by atoms with Crippen molar-refractivity contribution in [1.82, 2.24) is 5.32 Å². The molecular weight excluding hydrogens is 250 g/mol. The summed E-state index contributed by atoms with van der Waals surface area (Å²) in [5.41, 5.74) is 2.59. The first-order chi connectivity index (χ1) is 9.70. The van der Waals surface area contributed by atoms with Crippen LogP contribution in [0.2, 0.25) is 0 Å². The van der Waals surface area contributed by atoms with Crippen molar-refractivity contribution in [2.45, 2.75) is 64.0 Å². The molecule has 1 aromatic carbocycles. The van der Waals surface area contributed by atoms with E-state index in [9.17, 15) is 9.90 Å². The standard InChI is InChI=1S/C17H25NO2/c1-2-3-7-16(17(19)20)18-12-13-8-10-15(11-9-13)14-5-4-6-14/h8-11,14,16,18H,2-7,12H2,1H3,(H,19,20)/t16-/m0/s1. The van der Waals surface area contributed by atoms with E-state index in [1.807, 2.05) is 0 Å². The Balaban J connectivity index is 1.83. The molecule has 20 heavy (non-hydrogen) atoms. The van der Waals surface area contributed by atoms with Gasteiger partial charge in [-0.25, -0.2) is 0 Å². The van der Waals surface area contributed by atoms with Crippen LogP contribution in [0.5, 0.6) is 0 Å². The average Bonchev–Trinajstić information content (AvgIpc) is 2.38. The molecule has 1 fully saturated rings. The Morgan fingerprint density at radius 2 is 2.05 bits per heavy atom. The average molecular weight is 275 g/mol. The van der Waals surface area contributed by atoms with Gasteiger partial charge >= 0.3 is 5.97 Å². The highest BCUT2D eigenvalue weighted by Gasteiger charge is 2.19. The lowest BCUT2D eigenvalue weighted by molar-refractivity contribution is -0.139. The second-order valence-electron chi connectivity index (χ2n) is 5.78. The van der Waals surface area contributed by atoms with Gasteiger partial charge in [0.25, 0.3) is 0 Å². The molecule has 110 valence electrons. The lowest BCUT2D eigenvalue weighted by Crippen LogP contribution is -2.36. The van der Waals surface area contributed by atoms with Gasteiger partial charge in [0.05, 0.1) is 0 Å². The van der Waals surface area contributed by atoms with E-state index in [-0.39, 0.29) is 0 Å². The maximum atomic E-state index is 11.2. The fraction of sp³-hybridized carbons (Fsp3) is 0.588. The smallest absolute Gasteiger partial charge is 0.320 e. The minimum Gasteiger partial charge on any atom is -0.480 e. The van der Waals surface area contributed by atoms with E-state index in [2.05, 4.69) is 36.5 Å². The zero-order valence-corrected chi connectivity index (χ0v) is 12.3. The summed E-state index contributed by atoms with van der Waals surface area (Å²) in [5.74, 6) is 0.0119. The molecule has 0 saturated heterocycles. The van der Waals surface area contributed by atoms with Crippen molar-refractivity contribution < 1.29 is 9.90 Å². The molecule has 3 heteroatoms. The predicted octanol–water partition coefficient (Wildman–Crippen LogP) is 3.69. The third-order valence-electron chi connectivity index (χ3n) is 4.25. The number of hydrogen-bond donors (Lipinski definition) is 2. The van der Waals surface area contributed by atoms with Gasteiger partial charge < -0.3 is 10.4 Å². The van der Waals surface area contributed by atoms with E-state index in [1.165, 1.54) is 24.8 Å². The Morgan fingerprint density at radius 1 is 1.35 bits per heavy atom. The highest BCUT2D eigenvalue weighted by Crippen LogP contribution is 2.36. The molecule has 0 unspecified atom stereocenters. The summed E-state index contributed by atoms with van der Waals surface area (Å²) >= 11 is 0. The van der Waals surface area contributed by atoms with Crippen LogP contribution < -0.4 is 5.32 Å². The molecule has 1 aromatic rings. The topological polar surface area (TPSA) is 49.3 Å². The minimum atomic E-state index is -0.746. The SMILES string of the molecule is CCCC[C@H](NCc1ccc(C2CCC2)cc1)C(=O)O. The third-order valence-corrected chi connectivity index (χ3v) is 4.25. The molecule has 1 aliphatic rings. The van der Waals surface area contributed by atoms with Crippen LogP contribution in [0.3, 0.4) is 0 Å². The number of hydrogen-bond acceptors (Lipinski definition) is 2. The third kappa shape index (κ3) is 4.07.